The van der Waals surface area contributed by atoms with Crippen LogP contribution in [0.2, 0.25) is 0 Å². The summed E-state index contributed by atoms with van der Waals surface area (Å²) in [7, 11) is 0. The number of carbonyl (C=O) groups excluding carboxylic acids is 2. The number of nitrogens with one attached hydrogen (secondary N) is 1. The molecule has 0 aromatic carbocycles. The van der Waals surface area contributed by atoms with Crippen molar-refractivity contribution < 1.29 is 14.3 Å². The molecule has 18 heavy (non-hydrogen) atoms. The van der Waals surface area contributed by atoms with Crippen molar-refractivity contribution in [2.24, 2.45) is 0 Å². The SMILES string of the molecule is CC(C)OCC(=O)N1CC(=O)N[C@H]2CCCC[C@@H]21. The fourth-order valence-electron chi connectivity index (χ4n) is 2.77. The Balaban J connectivity index is 1.99. The third-order valence-corrected chi connectivity index (χ3v) is 3.65. The summed E-state index contributed by atoms with van der Waals surface area (Å²) in [5.41, 5.74) is 0. The van der Waals surface area contributed by atoms with E-state index in [1.807, 2.05) is 13.8 Å². The normalized spacial score (nSPS) is 27.9. The summed E-state index contributed by atoms with van der Waals surface area (Å²) in [5.74, 6) is -0.105. The second-order valence-electron chi connectivity index (χ2n) is 5.41. The van der Waals surface area contributed by atoms with Crippen LogP contribution >= 0.6 is 0 Å². The van der Waals surface area contributed by atoms with Crippen LogP contribution in [0.5, 0.6) is 0 Å². The van der Waals surface area contributed by atoms with Gasteiger partial charge >= 0.3 is 0 Å². The lowest BCUT2D eigenvalue weighted by Gasteiger charge is -2.43. The Morgan fingerprint density at radius 2 is 2.17 bits per heavy atom. The van der Waals surface area contributed by atoms with Gasteiger partial charge in [0.1, 0.15) is 6.61 Å². The molecule has 0 aromatic rings. The van der Waals surface area contributed by atoms with Gasteiger partial charge in [-0.1, -0.05) is 12.8 Å². The smallest absolute Gasteiger partial charge is 0.249 e. The molecule has 2 atom stereocenters. The van der Waals surface area contributed by atoms with Gasteiger partial charge in [-0.15, -0.1) is 0 Å². The molecule has 1 heterocycles. The van der Waals surface area contributed by atoms with Crippen molar-refractivity contribution in [3.63, 3.8) is 0 Å². The van der Waals surface area contributed by atoms with Gasteiger partial charge in [-0.3, -0.25) is 9.59 Å². The topological polar surface area (TPSA) is 58.6 Å². The van der Waals surface area contributed by atoms with Gasteiger partial charge in [-0.25, -0.2) is 0 Å². The second kappa shape index (κ2) is 5.69. The minimum absolute atomic E-state index is 0.0368. The molecule has 2 amide bonds. The van der Waals surface area contributed by atoms with Crippen molar-refractivity contribution in [3.8, 4) is 0 Å². The largest absolute Gasteiger partial charge is 0.369 e. The molecule has 2 aliphatic rings. The van der Waals surface area contributed by atoms with E-state index >= 15 is 0 Å². The predicted molar refractivity (Wildman–Crippen MR) is 67.0 cm³/mol. The zero-order valence-corrected chi connectivity index (χ0v) is 11.1. The molecule has 0 spiro atoms. The van der Waals surface area contributed by atoms with Crippen LogP contribution in [-0.2, 0) is 14.3 Å². The molecule has 102 valence electrons. The van der Waals surface area contributed by atoms with Crippen LogP contribution < -0.4 is 5.32 Å². The van der Waals surface area contributed by atoms with Crippen molar-refractivity contribution in [1.29, 1.82) is 0 Å². The van der Waals surface area contributed by atoms with Gasteiger partial charge in [0.15, 0.2) is 0 Å². The monoisotopic (exact) mass is 254 g/mol. The number of amides is 2. The summed E-state index contributed by atoms with van der Waals surface area (Å²) in [4.78, 5) is 25.5. The standard InChI is InChI=1S/C13H22N2O3/c1-9(2)18-8-13(17)15-7-12(16)14-10-5-3-4-6-11(10)15/h9-11H,3-8H2,1-2H3,(H,14,16)/t10-,11-/m0/s1. The number of hydrogen-bond acceptors (Lipinski definition) is 3. The summed E-state index contributed by atoms with van der Waals surface area (Å²) < 4.78 is 5.35. The highest BCUT2D eigenvalue weighted by atomic mass is 16.5. The molecule has 0 unspecified atom stereocenters. The van der Waals surface area contributed by atoms with Gasteiger partial charge in [-0.2, -0.15) is 0 Å². The Morgan fingerprint density at radius 3 is 2.89 bits per heavy atom. The lowest BCUT2D eigenvalue weighted by atomic mass is 9.87. The highest BCUT2D eigenvalue weighted by Gasteiger charge is 2.38. The molecule has 2 rings (SSSR count). The van der Waals surface area contributed by atoms with Crippen molar-refractivity contribution in [2.45, 2.75) is 57.7 Å². The first-order valence-corrected chi connectivity index (χ1v) is 6.78. The number of rotatable bonds is 3. The molecular formula is C13H22N2O3. The predicted octanol–water partition coefficient (Wildman–Crippen LogP) is 0.681. The van der Waals surface area contributed by atoms with Crippen molar-refractivity contribution in [3.05, 3.63) is 0 Å². The molecule has 0 aromatic heterocycles. The third-order valence-electron chi connectivity index (χ3n) is 3.65. The van der Waals surface area contributed by atoms with E-state index in [1.165, 1.54) is 0 Å². The van der Waals surface area contributed by atoms with E-state index in [0.717, 1.165) is 25.7 Å². The number of carbonyl (C=O) groups is 2. The Bertz CT molecular complexity index is 330. The molecule has 1 N–H and O–H groups in total. The number of nitrogens with zero attached hydrogens (tertiary/aromatic N) is 1. The highest BCUT2D eigenvalue weighted by Crippen LogP contribution is 2.25. The number of hydrogen-bond donors (Lipinski definition) is 1. The van der Waals surface area contributed by atoms with E-state index in [0.29, 0.717) is 0 Å². The first kappa shape index (κ1) is 13.3. The summed E-state index contributed by atoms with van der Waals surface area (Å²) in [6.45, 7) is 4.06. The fourth-order valence-corrected chi connectivity index (χ4v) is 2.77. The summed E-state index contributed by atoms with van der Waals surface area (Å²) in [5, 5.41) is 2.99. The summed E-state index contributed by atoms with van der Waals surface area (Å²) >= 11 is 0. The van der Waals surface area contributed by atoms with Gasteiger partial charge in [0.05, 0.1) is 18.7 Å². The molecule has 0 radical (unpaired) electrons. The molecule has 5 nitrogen and oxygen atoms in total. The lowest BCUT2D eigenvalue weighted by molar-refractivity contribution is -0.148. The lowest BCUT2D eigenvalue weighted by Crippen LogP contribution is -2.63. The first-order valence-electron chi connectivity index (χ1n) is 6.78. The summed E-state index contributed by atoms with van der Waals surface area (Å²) in [6, 6.07) is 0.308. The number of ether oxygens (including phenoxy) is 1. The van der Waals surface area contributed by atoms with E-state index in [9.17, 15) is 9.59 Å². The Hall–Kier alpha value is -1.10. The second-order valence-corrected chi connectivity index (χ2v) is 5.41. The van der Waals surface area contributed by atoms with Crippen molar-refractivity contribution >= 4 is 11.8 Å². The quantitative estimate of drug-likeness (QED) is 0.806. The molecular weight excluding hydrogens is 232 g/mol. The summed E-state index contributed by atoms with van der Waals surface area (Å²) in [6.07, 6.45) is 4.26. The number of piperazine rings is 1. The molecule has 1 saturated heterocycles. The maximum absolute atomic E-state index is 12.1. The van der Waals surface area contributed by atoms with Crippen LogP contribution in [0, 0.1) is 0 Å². The van der Waals surface area contributed by atoms with Crippen molar-refractivity contribution in [1.82, 2.24) is 10.2 Å². The van der Waals surface area contributed by atoms with E-state index in [1.54, 1.807) is 4.90 Å². The van der Waals surface area contributed by atoms with Crippen LogP contribution in [0.15, 0.2) is 0 Å². The van der Waals surface area contributed by atoms with Crippen LogP contribution in [0.3, 0.4) is 0 Å². The van der Waals surface area contributed by atoms with Crippen LogP contribution in [0.25, 0.3) is 0 Å². The Labute approximate surface area is 108 Å². The van der Waals surface area contributed by atoms with Crippen molar-refractivity contribution in [2.75, 3.05) is 13.2 Å². The maximum atomic E-state index is 12.1. The average Bonchev–Trinajstić information content (AvgIpc) is 2.34. The molecule has 2 fully saturated rings. The molecule has 1 aliphatic heterocycles. The maximum Gasteiger partial charge on any atom is 0.249 e. The van der Waals surface area contributed by atoms with Crippen LogP contribution in [0.4, 0.5) is 0 Å². The Kier molecular flexibility index (Phi) is 4.22. The van der Waals surface area contributed by atoms with Gasteiger partial charge in [-0.05, 0) is 26.7 Å². The fraction of sp³-hybridized carbons (Fsp3) is 0.846. The van der Waals surface area contributed by atoms with Gasteiger partial charge in [0.2, 0.25) is 11.8 Å². The van der Waals surface area contributed by atoms with Gasteiger partial charge < -0.3 is 15.0 Å². The Morgan fingerprint density at radius 1 is 1.44 bits per heavy atom. The zero-order chi connectivity index (χ0) is 13.1. The minimum atomic E-state index is -0.0598. The van der Waals surface area contributed by atoms with E-state index < -0.39 is 0 Å². The van der Waals surface area contributed by atoms with Crippen LogP contribution in [-0.4, -0.2) is 48.1 Å². The third kappa shape index (κ3) is 3.02. The van der Waals surface area contributed by atoms with E-state index in [-0.39, 0.29) is 43.2 Å². The van der Waals surface area contributed by atoms with Gasteiger partial charge in [0.25, 0.3) is 0 Å². The van der Waals surface area contributed by atoms with E-state index in [2.05, 4.69) is 5.32 Å². The van der Waals surface area contributed by atoms with E-state index in [4.69, 9.17) is 4.74 Å². The molecule has 0 bridgehead atoms. The molecule has 1 aliphatic carbocycles. The molecule has 5 heteroatoms. The minimum Gasteiger partial charge on any atom is -0.369 e. The zero-order valence-electron chi connectivity index (χ0n) is 11.1. The first-order chi connectivity index (χ1) is 8.58. The molecule has 1 saturated carbocycles. The van der Waals surface area contributed by atoms with Gasteiger partial charge in [0, 0.05) is 6.04 Å². The van der Waals surface area contributed by atoms with Crippen LogP contribution in [0.1, 0.15) is 39.5 Å². The number of fused-ring (bicyclic) bond motifs is 1. The highest BCUT2D eigenvalue weighted by molar-refractivity contribution is 5.87. The average molecular weight is 254 g/mol.